The maximum atomic E-state index is 3.74. The van der Waals surface area contributed by atoms with E-state index in [1.165, 1.54) is 45.3 Å². The average molecular weight is 240 g/mol. The highest BCUT2D eigenvalue weighted by Crippen LogP contribution is 2.22. The van der Waals surface area contributed by atoms with Crippen LogP contribution in [0.4, 0.5) is 0 Å². The van der Waals surface area contributed by atoms with E-state index in [-0.39, 0.29) is 0 Å². The zero-order valence-electron chi connectivity index (χ0n) is 12.6. The van der Waals surface area contributed by atoms with Gasteiger partial charge in [0.1, 0.15) is 0 Å². The Balaban J connectivity index is 2.50. The van der Waals surface area contributed by atoms with Crippen LogP contribution in [0, 0.1) is 5.41 Å². The molecule has 1 rings (SSSR count). The summed E-state index contributed by atoms with van der Waals surface area (Å²) in [4.78, 5) is 2.68. The first-order chi connectivity index (χ1) is 7.96. The number of nitrogens with zero attached hydrogens (tertiary/aromatic N) is 1. The molecule has 1 N–H and O–H groups in total. The maximum absolute atomic E-state index is 3.74. The topological polar surface area (TPSA) is 15.3 Å². The van der Waals surface area contributed by atoms with Crippen molar-refractivity contribution in [1.82, 2.24) is 10.2 Å². The predicted octanol–water partition coefficient (Wildman–Crippen LogP) is 3.28. The van der Waals surface area contributed by atoms with Gasteiger partial charge in [0, 0.05) is 18.6 Å². The van der Waals surface area contributed by atoms with Gasteiger partial charge in [-0.3, -0.25) is 0 Å². The van der Waals surface area contributed by atoms with Crippen LogP contribution in [-0.2, 0) is 0 Å². The van der Waals surface area contributed by atoms with Gasteiger partial charge in [0.25, 0.3) is 0 Å². The first-order valence-electron chi connectivity index (χ1n) is 7.45. The number of rotatable bonds is 4. The monoisotopic (exact) mass is 240 g/mol. The summed E-state index contributed by atoms with van der Waals surface area (Å²) in [5.74, 6) is 0. The lowest BCUT2D eigenvalue weighted by Crippen LogP contribution is -2.46. The van der Waals surface area contributed by atoms with Crippen molar-refractivity contribution >= 4 is 0 Å². The molecule has 1 saturated heterocycles. The second-order valence-corrected chi connectivity index (χ2v) is 6.54. The Hall–Kier alpha value is -0.0800. The summed E-state index contributed by atoms with van der Waals surface area (Å²) in [5.41, 5.74) is 0.470. The number of nitrogens with one attached hydrogen (secondary N) is 1. The van der Waals surface area contributed by atoms with Crippen molar-refractivity contribution < 1.29 is 0 Å². The van der Waals surface area contributed by atoms with E-state index in [0.29, 0.717) is 11.5 Å². The molecule has 17 heavy (non-hydrogen) atoms. The van der Waals surface area contributed by atoms with E-state index < -0.39 is 0 Å². The maximum Gasteiger partial charge on any atom is 0.00790 e. The Morgan fingerprint density at radius 2 is 1.82 bits per heavy atom. The highest BCUT2D eigenvalue weighted by molar-refractivity contribution is 4.80. The van der Waals surface area contributed by atoms with Crippen molar-refractivity contribution in [3.05, 3.63) is 0 Å². The summed E-state index contributed by atoms with van der Waals surface area (Å²) in [6.45, 7) is 15.5. The van der Waals surface area contributed by atoms with Crippen LogP contribution in [-0.4, -0.2) is 36.6 Å². The van der Waals surface area contributed by atoms with Crippen LogP contribution in [0.2, 0.25) is 0 Å². The molecule has 2 heteroatoms. The van der Waals surface area contributed by atoms with Crippen molar-refractivity contribution in [3.8, 4) is 0 Å². The van der Waals surface area contributed by atoms with Crippen molar-refractivity contribution in [3.63, 3.8) is 0 Å². The Kier molecular flexibility index (Phi) is 5.94. The predicted molar refractivity (Wildman–Crippen MR) is 76.4 cm³/mol. The standard InChI is InChI=1S/C15H32N2/c1-6-14-9-11-17(10-8-13(3)16-14)12-15(4,5)7-2/h13-14,16H,6-12H2,1-5H3. The molecule has 1 fully saturated rings. The molecule has 0 spiro atoms. The van der Waals surface area contributed by atoms with Gasteiger partial charge in [-0.15, -0.1) is 0 Å². The third kappa shape index (κ3) is 5.39. The lowest BCUT2D eigenvalue weighted by Gasteiger charge is -2.36. The SMILES string of the molecule is CCC1CCN(CC(C)(C)CC)CCC(C)N1. The summed E-state index contributed by atoms with van der Waals surface area (Å²) in [7, 11) is 0. The third-order valence-electron chi connectivity index (χ3n) is 4.29. The van der Waals surface area contributed by atoms with Gasteiger partial charge in [0.2, 0.25) is 0 Å². The molecule has 0 aromatic rings. The van der Waals surface area contributed by atoms with Crippen LogP contribution in [0.15, 0.2) is 0 Å². The molecule has 1 aliphatic heterocycles. The van der Waals surface area contributed by atoms with E-state index in [9.17, 15) is 0 Å². The van der Waals surface area contributed by atoms with Crippen LogP contribution in [0.5, 0.6) is 0 Å². The number of hydrogen-bond acceptors (Lipinski definition) is 2. The van der Waals surface area contributed by atoms with Gasteiger partial charge in [0.15, 0.2) is 0 Å². The lowest BCUT2D eigenvalue weighted by molar-refractivity contribution is 0.146. The molecule has 0 saturated carbocycles. The van der Waals surface area contributed by atoms with Crippen molar-refractivity contribution in [2.24, 2.45) is 5.41 Å². The molecular formula is C15H32N2. The van der Waals surface area contributed by atoms with E-state index in [1.807, 2.05) is 0 Å². The summed E-state index contributed by atoms with van der Waals surface area (Å²) in [5, 5.41) is 3.74. The van der Waals surface area contributed by atoms with Gasteiger partial charge < -0.3 is 10.2 Å². The molecular weight excluding hydrogens is 208 g/mol. The van der Waals surface area contributed by atoms with E-state index >= 15 is 0 Å². The fraction of sp³-hybridized carbons (Fsp3) is 1.00. The zero-order valence-corrected chi connectivity index (χ0v) is 12.6. The van der Waals surface area contributed by atoms with E-state index in [2.05, 4.69) is 44.8 Å². The minimum absolute atomic E-state index is 0.470. The number of hydrogen-bond donors (Lipinski definition) is 1. The molecule has 2 unspecified atom stereocenters. The second-order valence-electron chi connectivity index (χ2n) is 6.54. The molecule has 1 aliphatic rings. The Morgan fingerprint density at radius 1 is 1.18 bits per heavy atom. The first kappa shape index (κ1) is 15.0. The van der Waals surface area contributed by atoms with E-state index in [0.717, 1.165) is 6.04 Å². The molecule has 102 valence electrons. The minimum Gasteiger partial charge on any atom is -0.311 e. The Morgan fingerprint density at radius 3 is 2.41 bits per heavy atom. The highest BCUT2D eigenvalue weighted by atomic mass is 15.1. The van der Waals surface area contributed by atoms with Gasteiger partial charge in [-0.05, 0) is 51.1 Å². The fourth-order valence-electron chi connectivity index (χ4n) is 2.59. The van der Waals surface area contributed by atoms with Gasteiger partial charge in [-0.2, -0.15) is 0 Å². The van der Waals surface area contributed by atoms with Crippen LogP contribution in [0.1, 0.15) is 60.3 Å². The molecule has 0 bridgehead atoms. The minimum atomic E-state index is 0.470. The lowest BCUT2D eigenvalue weighted by atomic mass is 9.89. The van der Waals surface area contributed by atoms with Crippen molar-refractivity contribution in [1.29, 1.82) is 0 Å². The summed E-state index contributed by atoms with van der Waals surface area (Å²) in [6, 6.07) is 1.39. The van der Waals surface area contributed by atoms with Crippen molar-refractivity contribution in [2.75, 3.05) is 19.6 Å². The first-order valence-corrected chi connectivity index (χ1v) is 7.45. The molecule has 2 nitrogen and oxygen atoms in total. The van der Waals surface area contributed by atoms with Crippen LogP contribution in [0.25, 0.3) is 0 Å². The smallest absolute Gasteiger partial charge is 0.00790 e. The summed E-state index contributed by atoms with van der Waals surface area (Å²) >= 11 is 0. The summed E-state index contributed by atoms with van der Waals surface area (Å²) < 4.78 is 0. The molecule has 1 heterocycles. The third-order valence-corrected chi connectivity index (χ3v) is 4.29. The fourth-order valence-corrected chi connectivity index (χ4v) is 2.59. The van der Waals surface area contributed by atoms with Gasteiger partial charge in [-0.25, -0.2) is 0 Å². The summed E-state index contributed by atoms with van der Waals surface area (Å²) in [6.07, 6.45) is 5.13. The zero-order chi connectivity index (χ0) is 12.9. The second kappa shape index (κ2) is 6.75. The molecule has 0 amide bonds. The van der Waals surface area contributed by atoms with Gasteiger partial charge >= 0.3 is 0 Å². The van der Waals surface area contributed by atoms with Crippen molar-refractivity contribution in [2.45, 2.75) is 72.4 Å². The van der Waals surface area contributed by atoms with Crippen LogP contribution in [0.3, 0.4) is 0 Å². The Bertz CT molecular complexity index is 213. The van der Waals surface area contributed by atoms with E-state index in [4.69, 9.17) is 0 Å². The average Bonchev–Trinajstić information content (AvgIpc) is 2.28. The van der Waals surface area contributed by atoms with E-state index in [1.54, 1.807) is 0 Å². The quantitative estimate of drug-likeness (QED) is 0.811. The van der Waals surface area contributed by atoms with Gasteiger partial charge in [-0.1, -0.05) is 27.7 Å². The molecule has 0 aromatic heterocycles. The molecule has 2 atom stereocenters. The molecule has 0 aromatic carbocycles. The normalized spacial score (nSPS) is 28.8. The van der Waals surface area contributed by atoms with Crippen LogP contribution >= 0.6 is 0 Å². The Labute approximate surface area is 108 Å². The molecule has 0 aliphatic carbocycles. The highest BCUT2D eigenvalue weighted by Gasteiger charge is 2.23. The largest absolute Gasteiger partial charge is 0.311 e. The molecule has 0 radical (unpaired) electrons. The van der Waals surface area contributed by atoms with Gasteiger partial charge in [0.05, 0.1) is 0 Å². The van der Waals surface area contributed by atoms with Crippen LogP contribution < -0.4 is 5.32 Å².